The number of aromatic nitrogens is 2. The molecule has 2 saturated heterocycles. The molecule has 0 spiro atoms. The molecular weight excluding hydrogens is 497 g/mol. The van der Waals surface area contributed by atoms with Crippen molar-refractivity contribution in [3.63, 3.8) is 0 Å². The Labute approximate surface area is 205 Å². The summed E-state index contributed by atoms with van der Waals surface area (Å²) in [5.74, 6) is -0.455. The molecule has 4 rings (SSSR count). The summed E-state index contributed by atoms with van der Waals surface area (Å²) in [6, 6.07) is 8.26. The number of nitrogens with zero attached hydrogens (tertiary/aromatic N) is 1. The number of rotatable bonds is 10. The summed E-state index contributed by atoms with van der Waals surface area (Å²) in [5, 5.41) is 13.4. The number of carbonyl (C=O) groups is 1. The van der Waals surface area contributed by atoms with Gasteiger partial charge in [-0.05, 0) is 32.9 Å². The minimum absolute atomic E-state index is 0.121. The van der Waals surface area contributed by atoms with Crippen molar-refractivity contribution in [1.82, 2.24) is 14.6 Å². The highest BCUT2D eigenvalue weighted by molar-refractivity contribution is 7.52. The van der Waals surface area contributed by atoms with Gasteiger partial charge in [0.25, 0.3) is 5.56 Å². The zero-order chi connectivity index (χ0) is 26.1. The molecule has 14 heteroatoms. The van der Waals surface area contributed by atoms with Crippen LogP contribution in [0.3, 0.4) is 0 Å². The number of carbonyl (C=O) groups excluding carboxylic acids is 1. The molecule has 1 unspecified atom stereocenters. The van der Waals surface area contributed by atoms with Crippen LogP contribution < -0.4 is 20.9 Å². The number of nitrogens with one attached hydrogen (secondary N) is 2. The van der Waals surface area contributed by atoms with Crippen LogP contribution in [0.15, 0.2) is 52.2 Å². The van der Waals surface area contributed by atoms with E-state index in [9.17, 15) is 24.1 Å². The number of para-hydroxylation sites is 1. The van der Waals surface area contributed by atoms with Crippen LogP contribution in [0.25, 0.3) is 0 Å². The molecule has 0 amide bonds. The van der Waals surface area contributed by atoms with Crippen molar-refractivity contribution in [1.29, 1.82) is 0 Å². The van der Waals surface area contributed by atoms with Gasteiger partial charge in [0.1, 0.15) is 29.6 Å². The summed E-state index contributed by atoms with van der Waals surface area (Å²) in [7, 11) is -4.23. The summed E-state index contributed by atoms with van der Waals surface area (Å²) in [4.78, 5) is 38.1. The molecule has 1 aromatic carbocycles. The fraction of sp³-hybridized carbons (Fsp3) is 0.500. The van der Waals surface area contributed by atoms with E-state index in [0.717, 1.165) is 10.6 Å². The van der Waals surface area contributed by atoms with Crippen LogP contribution in [0.4, 0.5) is 0 Å². The summed E-state index contributed by atoms with van der Waals surface area (Å²) < 4.78 is 42.8. The zero-order valence-electron chi connectivity index (χ0n) is 19.9. The first-order chi connectivity index (χ1) is 17.0. The van der Waals surface area contributed by atoms with Crippen LogP contribution in [0.2, 0.25) is 0 Å². The Morgan fingerprint density at radius 2 is 2.00 bits per heavy atom. The first kappa shape index (κ1) is 26.3. The van der Waals surface area contributed by atoms with Gasteiger partial charge in [-0.15, -0.1) is 0 Å². The molecule has 2 fully saturated rings. The summed E-state index contributed by atoms with van der Waals surface area (Å²) in [6.07, 6.45) is -2.43. The number of H-pyrrole nitrogens is 1. The number of ether oxygens (including phenoxy) is 3. The lowest BCUT2D eigenvalue weighted by molar-refractivity contribution is -0.185. The molecule has 0 aliphatic carbocycles. The zero-order valence-corrected chi connectivity index (χ0v) is 20.8. The first-order valence-electron chi connectivity index (χ1n) is 11.3. The van der Waals surface area contributed by atoms with Crippen LogP contribution in [-0.4, -0.2) is 63.8 Å². The van der Waals surface area contributed by atoms with Crippen molar-refractivity contribution < 1.29 is 37.7 Å². The van der Waals surface area contributed by atoms with E-state index in [1.54, 1.807) is 44.2 Å². The lowest BCUT2D eigenvalue weighted by Crippen LogP contribution is -2.46. The molecule has 0 radical (unpaired) electrons. The number of aromatic amines is 1. The highest BCUT2D eigenvalue weighted by Crippen LogP contribution is 2.50. The third-order valence-corrected chi connectivity index (χ3v) is 7.26. The van der Waals surface area contributed by atoms with E-state index in [0.29, 0.717) is 0 Å². The van der Waals surface area contributed by atoms with Gasteiger partial charge in [0, 0.05) is 12.3 Å². The average molecular weight is 525 g/mol. The highest BCUT2D eigenvalue weighted by atomic mass is 31.2. The topological polar surface area (TPSA) is 167 Å². The molecular formula is C22H28N3O10P. The third-order valence-electron chi connectivity index (χ3n) is 5.64. The number of aliphatic hydroxyl groups excluding tert-OH is 1. The molecule has 6 atom stereocenters. The van der Waals surface area contributed by atoms with E-state index in [1.807, 2.05) is 0 Å². The average Bonchev–Trinajstić information content (AvgIpc) is 3.27. The molecule has 13 nitrogen and oxygen atoms in total. The van der Waals surface area contributed by atoms with Gasteiger partial charge in [-0.25, -0.2) is 9.36 Å². The number of hydrogen-bond donors (Lipinski definition) is 3. The Morgan fingerprint density at radius 1 is 1.28 bits per heavy atom. The van der Waals surface area contributed by atoms with Gasteiger partial charge in [0.2, 0.25) is 0 Å². The fourth-order valence-corrected chi connectivity index (χ4v) is 5.44. The molecule has 2 aliphatic rings. The summed E-state index contributed by atoms with van der Waals surface area (Å²) in [6.45, 7) is 4.22. The minimum atomic E-state index is -4.23. The van der Waals surface area contributed by atoms with Crippen molar-refractivity contribution in [3.8, 4) is 5.75 Å². The van der Waals surface area contributed by atoms with Crippen LogP contribution in [0, 0.1) is 0 Å². The maximum atomic E-state index is 13.7. The molecule has 2 bridgehead atoms. The molecule has 196 valence electrons. The number of benzene rings is 1. The Balaban J connectivity index is 1.54. The van der Waals surface area contributed by atoms with Crippen molar-refractivity contribution in [2.45, 2.75) is 57.0 Å². The van der Waals surface area contributed by atoms with E-state index in [1.165, 1.54) is 13.1 Å². The van der Waals surface area contributed by atoms with Gasteiger partial charge in [-0.1, -0.05) is 18.2 Å². The largest absolute Gasteiger partial charge is 0.462 e. The molecule has 1 aromatic heterocycles. The van der Waals surface area contributed by atoms with Crippen LogP contribution in [0.1, 0.15) is 27.0 Å². The lowest BCUT2D eigenvalue weighted by atomic mass is 10.0. The number of fused-ring (bicyclic) bond motifs is 2. The quantitative estimate of drug-likeness (QED) is 0.295. The van der Waals surface area contributed by atoms with Crippen LogP contribution in [0.5, 0.6) is 5.75 Å². The monoisotopic (exact) mass is 525 g/mol. The van der Waals surface area contributed by atoms with E-state index < -0.39 is 61.7 Å². The van der Waals surface area contributed by atoms with E-state index >= 15 is 0 Å². The van der Waals surface area contributed by atoms with Gasteiger partial charge in [-0.3, -0.25) is 23.7 Å². The smallest absolute Gasteiger partial charge is 0.459 e. The van der Waals surface area contributed by atoms with Gasteiger partial charge >= 0.3 is 19.4 Å². The Kier molecular flexibility index (Phi) is 7.51. The van der Waals surface area contributed by atoms with Crippen molar-refractivity contribution in [2.75, 3.05) is 13.2 Å². The van der Waals surface area contributed by atoms with Crippen LogP contribution >= 0.6 is 7.75 Å². The Morgan fingerprint density at radius 3 is 2.67 bits per heavy atom. The second-order valence-electron chi connectivity index (χ2n) is 8.82. The second-order valence-corrected chi connectivity index (χ2v) is 10.5. The molecule has 3 heterocycles. The minimum Gasteiger partial charge on any atom is -0.462 e. The van der Waals surface area contributed by atoms with Gasteiger partial charge in [0.15, 0.2) is 6.23 Å². The number of hydrogen-bond acceptors (Lipinski definition) is 10. The highest BCUT2D eigenvalue weighted by Gasteiger charge is 2.62. The maximum Gasteiger partial charge on any atom is 0.459 e. The Hall–Kier alpha value is -2.80. The van der Waals surface area contributed by atoms with Gasteiger partial charge in [0.05, 0.1) is 19.3 Å². The lowest BCUT2D eigenvalue weighted by Gasteiger charge is -2.32. The van der Waals surface area contributed by atoms with Crippen molar-refractivity contribution in [2.24, 2.45) is 0 Å². The van der Waals surface area contributed by atoms with E-state index in [2.05, 4.69) is 10.1 Å². The van der Waals surface area contributed by atoms with Gasteiger partial charge in [-0.2, -0.15) is 5.09 Å². The van der Waals surface area contributed by atoms with E-state index in [-0.39, 0.29) is 18.5 Å². The normalized spacial score (nSPS) is 27.5. The molecule has 36 heavy (non-hydrogen) atoms. The standard InChI is InChI=1S/C22H28N3O10P/c1-13(2)33-20(28)14(3)24-36(30,35-15-7-5-4-6-8-15)32-12-22-11-31-17(18(22)27)19(34-22)25-10-9-16(26)23-21(25)29/h4-10,13-14,17-19,27H,11-12H2,1-3H3,(H,24,30)(H,23,26,29)/t14-,17+,18-,19?,22+,36-/m0/s1. The molecule has 2 aromatic rings. The number of esters is 1. The second kappa shape index (κ2) is 10.3. The van der Waals surface area contributed by atoms with Crippen molar-refractivity contribution in [3.05, 3.63) is 63.4 Å². The predicted octanol–water partition coefficient (Wildman–Crippen LogP) is 0.697. The molecule has 3 N–H and O–H groups in total. The number of aliphatic hydroxyl groups is 1. The maximum absolute atomic E-state index is 13.7. The first-order valence-corrected chi connectivity index (χ1v) is 12.8. The SMILES string of the molecule is CC(C)OC(=O)[C@H](C)N[P@](=O)(OC[C@@]12CO[C@@H](C(n3ccc(=O)[nH]c3=O)O1)[C@@H]2O)Oc1ccccc1. The van der Waals surface area contributed by atoms with E-state index in [4.69, 9.17) is 23.3 Å². The van der Waals surface area contributed by atoms with Gasteiger partial charge < -0.3 is 23.8 Å². The predicted molar refractivity (Wildman–Crippen MR) is 124 cm³/mol. The molecule has 0 saturated carbocycles. The van der Waals surface area contributed by atoms with Crippen LogP contribution in [-0.2, 0) is 28.1 Å². The molecule has 2 aliphatic heterocycles. The fourth-order valence-electron chi connectivity index (χ4n) is 3.90. The summed E-state index contributed by atoms with van der Waals surface area (Å²) >= 11 is 0. The van der Waals surface area contributed by atoms with Crippen molar-refractivity contribution >= 4 is 13.7 Å². The third kappa shape index (κ3) is 5.46. The summed E-state index contributed by atoms with van der Waals surface area (Å²) in [5.41, 5.74) is -2.83. The Bertz CT molecular complexity index is 1250.